The average Bonchev–Trinajstić information content (AvgIpc) is 2.66. The van der Waals surface area contributed by atoms with Crippen molar-refractivity contribution in [3.05, 3.63) is 64.5 Å². The van der Waals surface area contributed by atoms with Crippen molar-refractivity contribution in [2.45, 2.75) is 51.7 Å². The summed E-state index contributed by atoms with van der Waals surface area (Å²) in [4.78, 5) is 14.7. The van der Waals surface area contributed by atoms with Gasteiger partial charge in [-0.3, -0.25) is 4.90 Å². The fraction of sp³-hybridized carbons (Fsp3) is 0.348. The summed E-state index contributed by atoms with van der Waals surface area (Å²) in [6.07, 6.45) is 3.53. The second kappa shape index (κ2) is 7.20. The molecule has 2 aromatic carbocycles. The summed E-state index contributed by atoms with van der Waals surface area (Å²) in [6.45, 7) is 5.03. The van der Waals surface area contributed by atoms with Gasteiger partial charge in [0.1, 0.15) is 11.3 Å². The predicted octanol–water partition coefficient (Wildman–Crippen LogP) is 4.93. The SMILES string of the molecule is C[C@@H]1CCC[C@H](C)N1Cc1c(O)ccc2c(-c3ccccc3)cc(=O)oc12. The highest BCUT2D eigenvalue weighted by molar-refractivity contribution is 5.95. The van der Waals surface area contributed by atoms with Gasteiger partial charge in [0, 0.05) is 30.1 Å². The lowest BCUT2D eigenvalue weighted by Crippen LogP contribution is -2.43. The van der Waals surface area contributed by atoms with Gasteiger partial charge >= 0.3 is 5.63 Å². The fourth-order valence-corrected chi connectivity index (χ4v) is 4.25. The van der Waals surface area contributed by atoms with Crippen LogP contribution in [0.5, 0.6) is 5.75 Å². The average molecular weight is 363 g/mol. The third-order valence-electron chi connectivity index (χ3n) is 5.79. The monoisotopic (exact) mass is 363 g/mol. The molecule has 1 fully saturated rings. The van der Waals surface area contributed by atoms with E-state index in [4.69, 9.17) is 4.42 Å². The van der Waals surface area contributed by atoms with Crippen molar-refractivity contribution < 1.29 is 9.52 Å². The molecule has 0 amide bonds. The van der Waals surface area contributed by atoms with Crippen molar-refractivity contribution in [1.29, 1.82) is 0 Å². The zero-order chi connectivity index (χ0) is 19.0. The highest BCUT2D eigenvalue weighted by Gasteiger charge is 2.27. The molecule has 1 saturated heterocycles. The number of hydrogen-bond acceptors (Lipinski definition) is 4. The van der Waals surface area contributed by atoms with E-state index >= 15 is 0 Å². The summed E-state index contributed by atoms with van der Waals surface area (Å²) in [5, 5.41) is 11.4. The first-order valence-corrected chi connectivity index (χ1v) is 9.64. The number of aromatic hydroxyl groups is 1. The molecule has 1 aliphatic rings. The van der Waals surface area contributed by atoms with Crippen LogP contribution < -0.4 is 5.63 Å². The van der Waals surface area contributed by atoms with E-state index in [9.17, 15) is 9.90 Å². The summed E-state index contributed by atoms with van der Waals surface area (Å²) in [5.41, 5.74) is 2.59. The van der Waals surface area contributed by atoms with Crippen molar-refractivity contribution in [1.82, 2.24) is 4.90 Å². The van der Waals surface area contributed by atoms with Crippen LogP contribution in [0.4, 0.5) is 0 Å². The first-order chi connectivity index (χ1) is 13.0. The van der Waals surface area contributed by atoms with Crippen LogP contribution in [0.2, 0.25) is 0 Å². The van der Waals surface area contributed by atoms with Gasteiger partial charge in [0.2, 0.25) is 0 Å². The largest absolute Gasteiger partial charge is 0.507 e. The van der Waals surface area contributed by atoms with Crippen molar-refractivity contribution in [2.75, 3.05) is 0 Å². The maximum absolute atomic E-state index is 12.3. The number of fused-ring (bicyclic) bond motifs is 1. The van der Waals surface area contributed by atoms with E-state index in [-0.39, 0.29) is 5.75 Å². The van der Waals surface area contributed by atoms with Gasteiger partial charge in [0.15, 0.2) is 0 Å². The Morgan fingerprint density at radius 1 is 1.07 bits per heavy atom. The van der Waals surface area contributed by atoms with Gasteiger partial charge in [-0.15, -0.1) is 0 Å². The van der Waals surface area contributed by atoms with Gasteiger partial charge in [-0.05, 0) is 49.9 Å². The van der Waals surface area contributed by atoms with E-state index in [1.54, 1.807) is 6.07 Å². The quantitative estimate of drug-likeness (QED) is 0.671. The molecule has 0 aliphatic carbocycles. The molecule has 2 heterocycles. The maximum Gasteiger partial charge on any atom is 0.336 e. The van der Waals surface area contributed by atoms with Crippen LogP contribution >= 0.6 is 0 Å². The zero-order valence-electron chi connectivity index (χ0n) is 15.8. The second-order valence-electron chi connectivity index (χ2n) is 7.59. The van der Waals surface area contributed by atoms with Gasteiger partial charge in [-0.1, -0.05) is 36.8 Å². The summed E-state index contributed by atoms with van der Waals surface area (Å²) >= 11 is 0. The minimum atomic E-state index is -0.395. The molecule has 140 valence electrons. The maximum atomic E-state index is 12.3. The van der Waals surface area contributed by atoms with Crippen LogP contribution in [0.1, 0.15) is 38.7 Å². The molecule has 1 N–H and O–H groups in total. The minimum absolute atomic E-state index is 0.181. The number of rotatable bonds is 3. The highest BCUT2D eigenvalue weighted by atomic mass is 16.4. The van der Waals surface area contributed by atoms with E-state index in [0.717, 1.165) is 29.4 Å². The Morgan fingerprint density at radius 3 is 2.48 bits per heavy atom. The molecular weight excluding hydrogens is 338 g/mol. The molecule has 0 unspecified atom stereocenters. The first-order valence-electron chi connectivity index (χ1n) is 9.64. The Hall–Kier alpha value is -2.59. The summed E-state index contributed by atoms with van der Waals surface area (Å²) in [5.74, 6) is 0.181. The number of phenolic OH excluding ortho intramolecular Hbond substituents is 1. The van der Waals surface area contributed by atoms with E-state index in [1.165, 1.54) is 12.5 Å². The van der Waals surface area contributed by atoms with Gasteiger partial charge < -0.3 is 9.52 Å². The lowest BCUT2D eigenvalue weighted by atomic mass is 9.95. The smallest absolute Gasteiger partial charge is 0.336 e. The van der Waals surface area contributed by atoms with Crippen LogP contribution in [0.15, 0.2) is 57.7 Å². The van der Waals surface area contributed by atoms with E-state index in [1.807, 2.05) is 36.4 Å². The van der Waals surface area contributed by atoms with Gasteiger partial charge in [-0.2, -0.15) is 0 Å². The molecule has 1 aliphatic heterocycles. The van der Waals surface area contributed by atoms with Crippen LogP contribution in [-0.4, -0.2) is 22.1 Å². The molecule has 27 heavy (non-hydrogen) atoms. The molecule has 3 aromatic rings. The van der Waals surface area contributed by atoms with Gasteiger partial charge in [0.05, 0.1) is 5.56 Å². The summed E-state index contributed by atoms with van der Waals surface area (Å²) < 4.78 is 5.61. The molecule has 0 radical (unpaired) electrons. The number of benzene rings is 2. The number of phenols is 1. The topological polar surface area (TPSA) is 53.7 Å². The lowest BCUT2D eigenvalue weighted by molar-refractivity contribution is 0.0945. The first kappa shape index (κ1) is 17.8. The molecular formula is C23H25NO3. The number of hydrogen-bond donors (Lipinski definition) is 1. The molecule has 0 spiro atoms. The molecule has 0 saturated carbocycles. The number of piperidine rings is 1. The minimum Gasteiger partial charge on any atom is -0.507 e. The molecule has 4 heteroatoms. The van der Waals surface area contributed by atoms with Crippen LogP contribution in [-0.2, 0) is 6.54 Å². The standard InChI is InChI=1S/C23H25NO3/c1-15-7-6-8-16(2)24(15)14-20-21(25)12-11-18-19(13-22(26)27-23(18)20)17-9-4-3-5-10-17/h3-5,9-13,15-16,25H,6-8,14H2,1-2H3/t15-,16+. The number of likely N-dealkylation sites (tertiary alicyclic amines) is 1. The zero-order valence-corrected chi connectivity index (χ0v) is 15.8. The van der Waals surface area contributed by atoms with Gasteiger partial charge in [0.25, 0.3) is 0 Å². The van der Waals surface area contributed by atoms with Crippen LogP contribution in [0, 0.1) is 0 Å². The lowest BCUT2D eigenvalue weighted by Gasteiger charge is -2.39. The fourth-order valence-electron chi connectivity index (χ4n) is 4.25. The summed E-state index contributed by atoms with van der Waals surface area (Å²) in [6, 6.07) is 15.8. The van der Waals surface area contributed by atoms with Crippen molar-refractivity contribution in [3.63, 3.8) is 0 Å². The van der Waals surface area contributed by atoms with Crippen LogP contribution in [0.3, 0.4) is 0 Å². The normalized spacial score (nSPS) is 20.8. The molecule has 2 atom stereocenters. The Balaban J connectivity index is 1.87. The van der Waals surface area contributed by atoms with Crippen molar-refractivity contribution >= 4 is 11.0 Å². The van der Waals surface area contributed by atoms with Crippen molar-refractivity contribution in [2.24, 2.45) is 0 Å². The van der Waals surface area contributed by atoms with Gasteiger partial charge in [-0.25, -0.2) is 4.79 Å². The number of nitrogens with zero attached hydrogens (tertiary/aromatic N) is 1. The van der Waals surface area contributed by atoms with Crippen LogP contribution in [0.25, 0.3) is 22.1 Å². The molecule has 4 rings (SSSR count). The molecule has 4 nitrogen and oxygen atoms in total. The second-order valence-corrected chi connectivity index (χ2v) is 7.59. The third kappa shape index (κ3) is 3.37. The van der Waals surface area contributed by atoms with E-state index in [0.29, 0.717) is 29.8 Å². The Morgan fingerprint density at radius 2 is 1.78 bits per heavy atom. The molecule has 1 aromatic heterocycles. The third-order valence-corrected chi connectivity index (χ3v) is 5.79. The van der Waals surface area contributed by atoms with Crippen molar-refractivity contribution in [3.8, 4) is 16.9 Å². The predicted molar refractivity (Wildman–Crippen MR) is 108 cm³/mol. The van der Waals surface area contributed by atoms with E-state index < -0.39 is 5.63 Å². The summed E-state index contributed by atoms with van der Waals surface area (Å²) in [7, 11) is 0. The molecule has 0 bridgehead atoms. The Bertz CT molecular complexity index is 999. The highest BCUT2D eigenvalue weighted by Crippen LogP contribution is 2.35. The Labute approximate surface area is 159 Å². The Kier molecular flexibility index (Phi) is 4.75. The van der Waals surface area contributed by atoms with E-state index in [2.05, 4.69) is 18.7 Å².